The van der Waals surface area contributed by atoms with Crippen LogP contribution in [-0.4, -0.2) is 34.7 Å². The second-order valence-corrected chi connectivity index (χ2v) is 7.71. The van der Waals surface area contributed by atoms with Gasteiger partial charge in [0.05, 0.1) is 22.6 Å². The van der Waals surface area contributed by atoms with E-state index in [9.17, 15) is 9.59 Å². The minimum Gasteiger partial charge on any atom is -0.370 e. The van der Waals surface area contributed by atoms with Gasteiger partial charge in [0.2, 0.25) is 5.91 Å². The number of rotatable bonds is 5. The van der Waals surface area contributed by atoms with E-state index in [1.807, 2.05) is 24.3 Å². The van der Waals surface area contributed by atoms with Gasteiger partial charge in [0, 0.05) is 31.0 Å². The third kappa shape index (κ3) is 4.05. The maximum absolute atomic E-state index is 13.2. The quantitative estimate of drug-likeness (QED) is 0.682. The van der Waals surface area contributed by atoms with Crippen LogP contribution >= 0.6 is 0 Å². The van der Waals surface area contributed by atoms with Crippen LogP contribution in [0.4, 0.5) is 11.4 Å². The zero-order valence-electron chi connectivity index (χ0n) is 16.9. The number of amides is 2. The first-order valence-electron chi connectivity index (χ1n) is 10.1. The minimum atomic E-state index is -0.527. The van der Waals surface area contributed by atoms with Crippen molar-refractivity contribution in [3.8, 4) is 5.69 Å². The number of nitrogens with one attached hydrogen (secondary N) is 1. The second kappa shape index (κ2) is 8.41. The summed E-state index contributed by atoms with van der Waals surface area (Å²) < 4.78 is 1.65. The van der Waals surface area contributed by atoms with Gasteiger partial charge in [-0.3, -0.25) is 9.59 Å². The monoisotopic (exact) mass is 403 g/mol. The molecular weight excluding hydrogens is 378 g/mol. The molecule has 4 rings (SSSR count). The predicted octanol–water partition coefficient (Wildman–Crippen LogP) is 3.46. The molecule has 1 fully saturated rings. The lowest BCUT2D eigenvalue weighted by atomic mass is 9.99. The van der Waals surface area contributed by atoms with Crippen molar-refractivity contribution in [2.75, 3.05) is 23.3 Å². The zero-order valence-corrected chi connectivity index (χ0v) is 16.9. The number of piperidine rings is 1. The highest BCUT2D eigenvalue weighted by Crippen LogP contribution is 2.31. The number of nitrogens with zero attached hydrogens (tertiary/aromatic N) is 3. The summed E-state index contributed by atoms with van der Waals surface area (Å²) in [6, 6.07) is 14.3. The van der Waals surface area contributed by atoms with Crippen molar-refractivity contribution in [3.05, 3.63) is 72.1 Å². The Labute approximate surface area is 175 Å². The Hall–Kier alpha value is -3.61. The second-order valence-electron chi connectivity index (χ2n) is 7.71. The van der Waals surface area contributed by atoms with Crippen LogP contribution in [0.5, 0.6) is 0 Å². The average Bonchev–Trinajstić information content (AvgIpc) is 3.28. The molecule has 0 spiro atoms. The molecule has 1 aliphatic rings. The van der Waals surface area contributed by atoms with E-state index in [4.69, 9.17) is 5.73 Å². The fourth-order valence-corrected chi connectivity index (χ4v) is 3.94. The molecule has 0 bridgehead atoms. The van der Waals surface area contributed by atoms with Crippen molar-refractivity contribution < 1.29 is 9.59 Å². The lowest BCUT2D eigenvalue weighted by molar-refractivity contribution is 0.0996. The van der Waals surface area contributed by atoms with E-state index in [-0.39, 0.29) is 5.91 Å². The molecule has 1 unspecified atom stereocenters. The zero-order chi connectivity index (χ0) is 21.1. The first-order valence-corrected chi connectivity index (χ1v) is 10.1. The van der Waals surface area contributed by atoms with Crippen molar-refractivity contribution in [2.45, 2.75) is 19.8 Å². The number of hydrogen-bond acceptors (Lipinski definition) is 4. The van der Waals surface area contributed by atoms with Gasteiger partial charge in [0.25, 0.3) is 5.91 Å². The van der Waals surface area contributed by atoms with Crippen LogP contribution in [0.15, 0.2) is 60.9 Å². The molecule has 7 nitrogen and oxygen atoms in total. The van der Waals surface area contributed by atoms with Crippen molar-refractivity contribution in [1.82, 2.24) is 9.78 Å². The molecule has 1 aliphatic heterocycles. The molecule has 7 heteroatoms. The molecule has 30 heavy (non-hydrogen) atoms. The summed E-state index contributed by atoms with van der Waals surface area (Å²) in [7, 11) is 0. The van der Waals surface area contributed by atoms with Crippen LogP contribution in [0.2, 0.25) is 0 Å². The molecular formula is C23H25N5O2. The minimum absolute atomic E-state index is 0.269. The molecule has 1 aromatic heterocycles. The van der Waals surface area contributed by atoms with Crippen molar-refractivity contribution in [3.63, 3.8) is 0 Å². The van der Waals surface area contributed by atoms with Gasteiger partial charge in [-0.15, -0.1) is 0 Å². The average molecular weight is 403 g/mol. The molecule has 3 aromatic rings. The van der Waals surface area contributed by atoms with Crippen LogP contribution in [0.1, 0.15) is 40.5 Å². The molecule has 2 amide bonds. The van der Waals surface area contributed by atoms with E-state index in [1.165, 1.54) is 6.42 Å². The summed E-state index contributed by atoms with van der Waals surface area (Å²) in [5, 5.41) is 7.25. The van der Waals surface area contributed by atoms with Gasteiger partial charge in [-0.1, -0.05) is 19.1 Å². The van der Waals surface area contributed by atoms with E-state index in [2.05, 4.69) is 22.2 Å². The summed E-state index contributed by atoms with van der Waals surface area (Å²) in [5.41, 5.74) is 8.50. The number of anilines is 2. The molecule has 2 aromatic carbocycles. The van der Waals surface area contributed by atoms with Gasteiger partial charge >= 0.3 is 0 Å². The van der Waals surface area contributed by atoms with Gasteiger partial charge in [0.15, 0.2) is 0 Å². The van der Waals surface area contributed by atoms with E-state index in [1.54, 1.807) is 41.3 Å². The number of benzene rings is 2. The van der Waals surface area contributed by atoms with Gasteiger partial charge in [-0.05, 0) is 55.2 Å². The van der Waals surface area contributed by atoms with Crippen LogP contribution < -0.4 is 16.0 Å². The SMILES string of the molecule is CC1CCCN(c2ccc(C(N)=O)cc2NC(=O)c2ccccc2-n2cccn2)C1. The lowest BCUT2D eigenvalue weighted by Crippen LogP contribution is -2.35. The largest absolute Gasteiger partial charge is 0.370 e. The molecule has 0 radical (unpaired) electrons. The fraction of sp³-hybridized carbons (Fsp3) is 0.261. The normalized spacial score (nSPS) is 16.3. The van der Waals surface area contributed by atoms with Crippen molar-refractivity contribution >= 4 is 23.2 Å². The molecule has 0 saturated carbocycles. The number of aromatic nitrogens is 2. The van der Waals surface area contributed by atoms with Crippen molar-refractivity contribution in [2.24, 2.45) is 11.7 Å². The van der Waals surface area contributed by atoms with E-state index >= 15 is 0 Å². The summed E-state index contributed by atoms with van der Waals surface area (Å²) >= 11 is 0. The van der Waals surface area contributed by atoms with E-state index < -0.39 is 5.91 Å². The number of para-hydroxylation sites is 1. The molecule has 3 N–H and O–H groups in total. The molecule has 1 saturated heterocycles. The number of primary amides is 1. The number of nitrogens with two attached hydrogens (primary N) is 1. The van der Waals surface area contributed by atoms with E-state index in [0.717, 1.165) is 25.2 Å². The first-order chi connectivity index (χ1) is 14.5. The third-order valence-electron chi connectivity index (χ3n) is 5.43. The standard InChI is InChI=1S/C23H25N5O2/c1-16-6-4-12-27(15-16)21-10-9-17(22(24)29)14-19(21)26-23(30)18-7-2-3-8-20(18)28-13-5-11-25-28/h2-3,5,7-11,13-14,16H,4,6,12,15H2,1H3,(H2,24,29)(H,26,30). The first kappa shape index (κ1) is 19.7. The molecule has 1 atom stereocenters. The number of carbonyl (C=O) groups is 2. The lowest BCUT2D eigenvalue weighted by Gasteiger charge is -2.34. The van der Waals surface area contributed by atoms with Crippen molar-refractivity contribution in [1.29, 1.82) is 0 Å². The summed E-state index contributed by atoms with van der Waals surface area (Å²) in [6.07, 6.45) is 5.74. The number of carbonyl (C=O) groups excluding carboxylic acids is 2. The Morgan fingerprint density at radius 1 is 1.13 bits per heavy atom. The molecule has 0 aliphatic carbocycles. The van der Waals surface area contributed by atoms with Gasteiger partial charge in [-0.25, -0.2) is 4.68 Å². The van der Waals surface area contributed by atoms with E-state index in [0.29, 0.717) is 28.4 Å². The van der Waals surface area contributed by atoms with Crippen LogP contribution in [0, 0.1) is 5.92 Å². The maximum atomic E-state index is 13.2. The Morgan fingerprint density at radius 3 is 2.70 bits per heavy atom. The highest BCUT2D eigenvalue weighted by atomic mass is 16.2. The smallest absolute Gasteiger partial charge is 0.257 e. The number of hydrogen-bond donors (Lipinski definition) is 2. The maximum Gasteiger partial charge on any atom is 0.257 e. The Kier molecular flexibility index (Phi) is 5.52. The fourth-order valence-electron chi connectivity index (χ4n) is 3.94. The Bertz CT molecular complexity index is 1060. The van der Waals surface area contributed by atoms with Gasteiger partial charge in [-0.2, -0.15) is 5.10 Å². The Morgan fingerprint density at radius 2 is 1.97 bits per heavy atom. The van der Waals surface area contributed by atoms with Gasteiger partial charge in [0.1, 0.15) is 0 Å². The summed E-state index contributed by atoms with van der Waals surface area (Å²) in [5.74, 6) is -0.228. The predicted molar refractivity (Wildman–Crippen MR) is 117 cm³/mol. The highest BCUT2D eigenvalue weighted by molar-refractivity contribution is 6.09. The van der Waals surface area contributed by atoms with Crippen LogP contribution in [0.25, 0.3) is 5.69 Å². The van der Waals surface area contributed by atoms with Crippen LogP contribution in [0.3, 0.4) is 0 Å². The summed E-state index contributed by atoms with van der Waals surface area (Å²) in [4.78, 5) is 27.2. The third-order valence-corrected chi connectivity index (χ3v) is 5.43. The van der Waals surface area contributed by atoms with Crippen LogP contribution in [-0.2, 0) is 0 Å². The Balaban J connectivity index is 1.69. The molecule has 154 valence electrons. The molecule has 2 heterocycles. The summed E-state index contributed by atoms with van der Waals surface area (Å²) in [6.45, 7) is 4.04. The van der Waals surface area contributed by atoms with Gasteiger partial charge < -0.3 is 16.0 Å². The highest BCUT2D eigenvalue weighted by Gasteiger charge is 2.22. The topological polar surface area (TPSA) is 93.3 Å².